The Hall–Kier alpha value is -0.570. The summed E-state index contributed by atoms with van der Waals surface area (Å²) in [5, 5.41) is 4.35. The quantitative estimate of drug-likeness (QED) is 0.871. The fourth-order valence-corrected chi connectivity index (χ4v) is 2.49. The molecule has 1 aliphatic rings. The Bertz CT molecular complexity index is 350. The molecule has 2 nitrogen and oxygen atoms in total. The molecular weight excluding hydrogens is 232 g/mol. The molecule has 1 N–H and O–H groups in total. The second-order valence-electron chi connectivity index (χ2n) is 5.05. The molecule has 1 aromatic carbocycles. The molecular formula is C14H21ClN2. The van der Waals surface area contributed by atoms with Crippen LogP contribution in [-0.4, -0.2) is 30.1 Å². The van der Waals surface area contributed by atoms with Crippen molar-refractivity contribution in [1.29, 1.82) is 0 Å². The smallest absolute Gasteiger partial charge is 0.0406 e. The Balaban J connectivity index is 2.02. The highest BCUT2D eigenvalue weighted by atomic mass is 35.5. The standard InChI is InChI=1S/C14H21ClN2/c1-11-9-17(12(2)7-8-16-11)10-13-3-5-14(15)6-4-13/h3-6,11-12,16H,7-10H2,1-2H3. The molecule has 1 fully saturated rings. The highest BCUT2D eigenvalue weighted by Gasteiger charge is 2.20. The number of rotatable bonds is 2. The molecule has 1 saturated heterocycles. The normalized spacial score (nSPS) is 26.8. The van der Waals surface area contributed by atoms with Crippen molar-refractivity contribution in [2.45, 2.75) is 38.9 Å². The van der Waals surface area contributed by atoms with E-state index < -0.39 is 0 Å². The molecule has 0 aromatic heterocycles. The average Bonchev–Trinajstić information content (AvgIpc) is 2.45. The molecule has 2 rings (SSSR count). The van der Waals surface area contributed by atoms with E-state index >= 15 is 0 Å². The first-order chi connectivity index (χ1) is 8.15. The Labute approximate surface area is 109 Å². The summed E-state index contributed by atoms with van der Waals surface area (Å²) >= 11 is 5.91. The molecule has 0 aliphatic carbocycles. The third-order valence-corrected chi connectivity index (χ3v) is 3.74. The first-order valence-electron chi connectivity index (χ1n) is 6.37. The topological polar surface area (TPSA) is 15.3 Å². The van der Waals surface area contributed by atoms with E-state index in [9.17, 15) is 0 Å². The average molecular weight is 253 g/mol. The summed E-state index contributed by atoms with van der Waals surface area (Å²) in [5.74, 6) is 0. The molecule has 2 unspecified atom stereocenters. The second kappa shape index (κ2) is 5.85. The Morgan fingerprint density at radius 1 is 1.29 bits per heavy atom. The second-order valence-corrected chi connectivity index (χ2v) is 5.49. The van der Waals surface area contributed by atoms with E-state index in [-0.39, 0.29) is 0 Å². The fraction of sp³-hybridized carbons (Fsp3) is 0.571. The van der Waals surface area contributed by atoms with Crippen molar-refractivity contribution in [3.63, 3.8) is 0 Å². The van der Waals surface area contributed by atoms with Gasteiger partial charge in [-0.25, -0.2) is 0 Å². The van der Waals surface area contributed by atoms with Gasteiger partial charge in [-0.2, -0.15) is 0 Å². The summed E-state index contributed by atoms with van der Waals surface area (Å²) in [4.78, 5) is 2.55. The maximum Gasteiger partial charge on any atom is 0.0406 e. The molecule has 3 heteroatoms. The highest BCUT2D eigenvalue weighted by Crippen LogP contribution is 2.15. The van der Waals surface area contributed by atoms with E-state index in [1.54, 1.807) is 0 Å². The minimum Gasteiger partial charge on any atom is -0.313 e. The van der Waals surface area contributed by atoms with E-state index in [1.807, 2.05) is 12.1 Å². The van der Waals surface area contributed by atoms with Crippen molar-refractivity contribution < 1.29 is 0 Å². The van der Waals surface area contributed by atoms with Crippen LogP contribution in [0, 0.1) is 0 Å². The Morgan fingerprint density at radius 2 is 2.00 bits per heavy atom. The number of hydrogen-bond acceptors (Lipinski definition) is 2. The highest BCUT2D eigenvalue weighted by molar-refractivity contribution is 6.30. The van der Waals surface area contributed by atoms with Gasteiger partial charge in [-0.15, -0.1) is 0 Å². The molecule has 1 aromatic rings. The van der Waals surface area contributed by atoms with Crippen LogP contribution in [0.25, 0.3) is 0 Å². The molecule has 0 radical (unpaired) electrons. The van der Waals surface area contributed by atoms with Gasteiger partial charge in [-0.1, -0.05) is 23.7 Å². The summed E-state index contributed by atoms with van der Waals surface area (Å²) in [7, 11) is 0. The van der Waals surface area contributed by atoms with Crippen molar-refractivity contribution in [2.75, 3.05) is 13.1 Å². The van der Waals surface area contributed by atoms with Gasteiger partial charge in [0.25, 0.3) is 0 Å². The number of benzene rings is 1. The van der Waals surface area contributed by atoms with Crippen molar-refractivity contribution >= 4 is 11.6 Å². The maximum atomic E-state index is 5.91. The van der Waals surface area contributed by atoms with Gasteiger partial charge >= 0.3 is 0 Å². The molecule has 0 saturated carbocycles. The summed E-state index contributed by atoms with van der Waals surface area (Å²) in [6.07, 6.45) is 1.22. The predicted molar refractivity (Wildman–Crippen MR) is 73.4 cm³/mol. The minimum absolute atomic E-state index is 0.576. The van der Waals surface area contributed by atoms with Gasteiger partial charge in [-0.3, -0.25) is 4.90 Å². The van der Waals surface area contributed by atoms with Crippen LogP contribution < -0.4 is 5.32 Å². The van der Waals surface area contributed by atoms with Crippen LogP contribution in [0.5, 0.6) is 0 Å². The number of nitrogens with zero attached hydrogens (tertiary/aromatic N) is 1. The molecule has 1 heterocycles. The molecule has 94 valence electrons. The lowest BCUT2D eigenvalue weighted by Crippen LogP contribution is -2.37. The number of halogens is 1. The van der Waals surface area contributed by atoms with Gasteiger partial charge in [0.15, 0.2) is 0 Å². The van der Waals surface area contributed by atoms with Gasteiger partial charge in [0.05, 0.1) is 0 Å². The van der Waals surface area contributed by atoms with Gasteiger partial charge in [-0.05, 0) is 44.5 Å². The Morgan fingerprint density at radius 3 is 2.71 bits per heavy atom. The third kappa shape index (κ3) is 3.70. The maximum absolute atomic E-state index is 5.91. The molecule has 0 spiro atoms. The zero-order valence-electron chi connectivity index (χ0n) is 10.6. The van der Waals surface area contributed by atoms with Gasteiger partial charge < -0.3 is 5.32 Å². The van der Waals surface area contributed by atoms with Crippen LogP contribution >= 0.6 is 11.6 Å². The minimum atomic E-state index is 0.576. The molecule has 2 atom stereocenters. The summed E-state index contributed by atoms with van der Waals surface area (Å²) in [6.45, 7) is 7.83. The van der Waals surface area contributed by atoms with Crippen molar-refractivity contribution in [2.24, 2.45) is 0 Å². The number of hydrogen-bond donors (Lipinski definition) is 1. The van der Waals surface area contributed by atoms with Crippen LogP contribution in [0.15, 0.2) is 24.3 Å². The monoisotopic (exact) mass is 252 g/mol. The zero-order valence-corrected chi connectivity index (χ0v) is 11.4. The lowest BCUT2D eigenvalue weighted by atomic mass is 10.1. The lowest BCUT2D eigenvalue weighted by Gasteiger charge is -2.28. The first-order valence-corrected chi connectivity index (χ1v) is 6.75. The molecule has 0 bridgehead atoms. The van der Waals surface area contributed by atoms with Crippen LogP contribution in [0.3, 0.4) is 0 Å². The predicted octanol–water partition coefficient (Wildman–Crippen LogP) is 2.91. The van der Waals surface area contributed by atoms with E-state index in [2.05, 4.69) is 36.2 Å². The first kappa shape index (κ1) is 12.9. The Kier molecular flexibility index (Phi) is 4.43. The van der Waals surface area contributed by atoms with Crippen LogP contribution in [0.4, 0.5) is 0 Å². The largest absolute Gasteiger partial charge is 0.313 e. The van der Waals surface area contributed by atoms with Crippen LogP contribution in [0.2, 0.25) is 5.02 Å². The van der Waals surface area contributed by atoms with Crippen LogP contribution in [-0.2, 0) is 6.54 Å². The van der Waals surface area contributed by atoms with E-state index in [1.165, 1.54) is 12.0 Å². The van der Waals surface area contributed by atoms with Crippen LogP contribution in [0.1, 0.15) is 25.8 Å². The van der Waals surface area contributed by atoms with E-state index in [0.717, 1.165) is 24.7 Å². The van der Waals surface area contributed by atoms with Gasteiger partial charge in [0.1, 0.15) is 0 Å². The molecule has 17 heavy (non-hydrogen) atoms. The fourth-order valence-electron chi connectivity index (χ4n) is 2.36. The van der Waals surface area contributed by atoms with Crippen molar-refractivity contribution in [3.8, 4) is 0 Å². The number of nitrogens with one attached hydrogen (secondary N) is 1. The summed E-state index contributed by atoms with van der Waals surface area (Å²) < 4.78 is 0. The van der Waals surface area contributed by atoms with Crippen molar-refractivity contribution in [1.82, 2.24) is 10.2 Å². The third-order valence-electron chi connectivity index (χ3n) is 3.49. The van der Waals surface area contributed by atoms with E-state index in [4.69, 9.17) is 11.6 Å². The van der Waals surface area contributed by atoms with E-state index in [0.29, 0.717) is 12.1 Å². The zero-order chi connectivity index (χ0) is 12.3. The summed E-state index contributed by atoms with van der Waals surface area (Å²) in [6, 6.07) is 9.41. The molecule has 1 aliphatic heterocycles. The molecule has 0 amide bonds. The summed E-state index contributed by atoms with van der Waals surface area (Å²) in [5.41, 5.74) is 1.34. The van der Waals surface area contributed by atoms with Gasteiger partial charge in [0, 0.05) is 30.2 Å². The van der Waals surface area contributed by atoms with Gasteiger partial charge in [0.2, 0.25) is 0 Å². The lowest BCUT2D eigenvalue weighted by molar-refractivity contribution is 0.199. The SMILES string of the molecule is CC1CN(Cc2ccc(Cl)cc2)C(C)CCN1. The van der Waals surface area contributed by atoms with Crippen molar-refractivity contribution in [3.05, 3.63) is 34.9 Å².